The molecule has 2 N–H and O–H groups in total. The van der Waals surface area contributed by atoms with E-state index in [0.29, 0.717) is 11.3 Å². The predicted molar refractivity (Wildman–Crippen MR) is 83.6 cm³/mol. The van der Waals surface area contributed by atoms with Gasteiger partial charge in [-0.3, -0.25) is 9.48 Å². The number of nitrogens with zero attached hydrogens (tertiary/aromatic N) is 3. The molecule has 0 saturated heterocycles. The SMILES string of the molecule is CCCNc1cc(C(=O)Nc2cnn(C)c2)cc(CC)n1. The summed E-state index contributed by atoms with van der Waals surface area (Å²) in [6.45, 7) is 4.95. The molecule has 2 rings (SSSR count). The van der Waals surface area contributed by atoms with Crippen molar-refractivity contribution in [3.05, 3.63) is 35.8 Å². The second kappa shape index (κ2) is 6.88. The molecule has 2 heterocycles. The van der Waals surface area contributed by atoms with Gasteiger partial charge in [0.25, 0.3) is 5.91 Å². The molecule has 1 amide bonds. The summed E-state index contributed by atoms with van der Waals surface area (Å²) in [5.41, 5.74) is 2.18. The molecule has 0 aromatic carbocycles. The minimum atomic E-state index is -0.153. The number of nitrogens with one attached hydrogen (secondary N) is 2. The predicted octanol–water partition coefficient (Wildman–Crippen LogP) is 2.45. The quantitative estimate of drug-likeness (QED) is 0.856. The van der Waals surface area contributed by atoms with Crippen molar-refractivity contribution in [1.29, 1.82) is 0 Å². The smallest absolute Gasteiger partial charge is 0.255 e. The van der Waals surface area contributed by atoms with Gasteiger partial charge in [-0.05, 0) is 25.0 Å². The first-order valence-corrected chi connectivity index (χ1v) is 7.17. The lowest BCUT2D eigenvalue weighted by molar-refractivity contribution is 0.102. The summed E-state index contributed by atoms with van der Waals surface area (Å²) in [4.78, 5) is 16.8. The summed E-state index contributed by atoms with van der Waals surface area (Å²) >= 11 is 0. The van der Waals surface area contributed by atoms with Crippen molar-refractivity contribution >= 4 is 17.4 Å². The zero-order valence-corrected chi connectivity index (χ0v) is 12.7. The fourth-order valence-corrected chi connectivity index (χ4v) is 1.93. The number of amides is 1. The van der Waals surface area contributed by atoms with Crippen LogP contribution in [0.5, 0.6) is 0 Å². The van der Waals surface area contributed by atoms with Gasteiger partial charge in [0.05, 0.1) is 11.9 Å². The number of anilines is 2. The molecule has 2 aromatic rings. The third kappa shape index (κ3) is 4.05. The number of hydrogen-bond acceptors (Lipinski definition) is 4. The zero-order chi connectivity index (χ0) is 15.2. The van der Waals surface area contributed by atoms with Crippen molar-refractivity contribution in [3.8, 4) is 0 Å². The van der Waals surface area contributed by atoms with Gasteiger partial charge in [0.1, 0.15) is 5.82 Å². The molecule has 6 nitrogen and oxygen atoms in total. The summed E-state index contributed by atoms with van der Waals surface area (Å²) in [6.07, 6.45) is 5.18. The highest BCUT2D eigenvalue weighted by Crippen LogP contribution is 2.14. The molecule has 0 aliphatic carbocycles. The average molecular weight is 287 g/mol. The van der Waals surface area contributed by atoms with E-state index in [1.54, 1.807) is 23.1 Å². The van der Waals surface area contributed by atoms with Crippen LogP contribution < -0.4 is 10.6 Å². The van der Waals surface area contributed by atoms with E-state index in [-0.39, 0.29) is 5.91 Å². The highest BCUT2D eigenvalue weighted by atomic mass is 16.1. The topological polar surface area (TPSA) is 71.8 Å². The van der Waals surface area contributed by atoms with E-state index in [1.807, 2.05) is 20.0 Å². The minimum Gasteiger partial charge on any atom is -0.370 e. The van der Waals surface area contributed by atoms with E-state index in [2.05, 4.69) is 27.6 Å². The van der Waals surface area contributed by atoms with Crippen LogP contribution in [-0.4, -0.2) is 27.2 Å². The summed E-state index contributed by atoms with van der Waals surface area (Å²) in [5, 5.41) is 10.1. The Kier molecular flexibility index (Phi) is 4.92. The molecule has 0 bridgehead atoms. The standard InChI is InChI=1S/C15H21N5O/c1-4-6-16-14-8-11(7-12(5-2)18-14)15(21)19-13-9-17-20(3)10-13/h7-10H,4-6H2,1-3H3,(H,16,18)(H,19,21). The molecule has 0 aliphatic heterocycles. The first-order valence-electron chi connectivity index (χ1n) is 7.17. The highest BCUT2D eigenvalue weighted by molar-refractivity contribution is 6.04. The van der Waals surface area contributed by atoms with Crippen LogP contribution in [-0.2, 0) is 13.5 Å². The average Bonchev–Trinajstić information content (AvgIpc) is 2.89. The molecule has 6 heteroatoms. The lowest BCUT2D eigenvalue weighted by atomic mass is 10.1. The molecule has 0 fully saturated rings. The number of aromatic nitrogens is 3. The highest BCUT2D eigenvalue weighted by Gasteiger charge is 2.10. The van der Waals surface area contributed by atoms with E-state index in [4.69, 9.17) is 0 Å². The Morgan fingerprint density at radius 3 is 2.76 bits per heavy atom. The minimum absolute atomic E-state index is 0.153. The number of carbonyl (C=O) groups excluding carboxylic acids is 1. The Labute approximate surface area is 124 Å². The molecule has 112 valence electrons. The van der Waals surface area contributed by atoms with Crippen molar-refractivity contribution in [3.63, 3.8) is 0 Å². The summed E-state index contributed by atoms with van der Waals surface area (Å²) in [6, 6.07) is 3.60. The number of carbonyl (C=O) groups is 1. The van der Waals surface area contributed by atoms with E-state index < -0.39 is 0 Å². The van der Waals surface area contributed by atoms with E-state index >= 15 is 0 Å². The largest absolute Gasteiger partial charge is 0.370 e. The Bertz CT molecular complexity index is 620. The van der Waals surface area contributed by atoms with Crippen molar-refractivity contribution < 1.29 is 4.79 Å². The summed E-state index contributed by atoms with van der Waals surface area (Å²) in [5.74, 6) is 0.590. The maximum Gasteiger partial charge on any atom is 0.255 e. The maximum atomic E-state index is 12.3. The van der Waals surface area contributed by atoms with Gasteiger partial charge < -0.3 is 10.6 Å². The molecule has 2 aromatic heterocycles. The van der Waals surface area contributed by atoms with E-state index in [9.17, 15) is 4.79 Å². The van der Waals surface area contributed by atoms with Crippen LogP contribution in [0.4, 0.5) is 11.5 Å². The fourth-order valence-electron chi connectivity index (χ4n) is 1.93. The van der Waals surface area contributed by atoms with Crippen LogP contribution in [0.2, 0.25) is 0 Å². The molecule has 21 heavy (non-hydrogen) atoms. The van der Waals surface area contributed by atoms with E-state index in [1.165, 1.54) is 0 Å². The van der Waals surface area contributed by atoms with Gasteiger partial charge in [-0.25, -0.2) is 4.98 Å². The molecule has 0 spiro atoms. The lowest BCUT2D eigenvalue weighted by Crippen LogP contribution is -2.13. The second-order valence-corrected chi connectivity index (χ2v) is 4.87. The van der Waals surface area contributed by atoms with E-state index in [0.717, 1.165) is 30.9 Å². The van der Waals surface area contributed by atoms with Crippen LogP contribution in [0, 0.1) is 0 Å². The van der Waals surface area contributed by atoms with Gasteiger partial charge in [-0.1, -0.05) is 13.8 Å². The Hall–Kier alpha value is -2.37. The molecular weight excluding hydrogens is 266 g/mol. The lowest BCUT2D eigenvalue weighted by Gasteiger charge is -2.09. The summed E-state index contributed by atoms with van der Waals surface area (Å²) in [7, 11) is 1.81. The number of rotatable bonds is 6. The molecule has 0 unspecified atom stereocenters. The molecule has 0 saturated carbocycles. The van der Waals surface area contributed by atoms with Gasteiger partial charge in [0.15, 0.2) is 0 Å². The molecule has 0 aliphatic rings. The van der Waals surface area contributed by atoms with Crippen LogP contribution in [0.3, 0.4) is 0 Å². The first-order chi connectivity index (χ1) is 10.1. The molecule has 0 atom stereocenters. The zero-order valence-electron chi connectivity index (χ0n) is 12.7. The van der Waals surface area contributed by atoms with Crippen molar-refractivity contribution in [2.24, 2.45) is 7.05 Å². The summed E-state index contributed by atoms with van der Waals surface area (Å²) < 4.78 is 1.65. The maximum absolute atomic E-state index is 12.3. The van der Waals surface area contributed by atoms with Gasteiger partial charge in [0, 0.05) is 31.0 Å². The van der Waals surface area contributed by atoms with Crippen molar-refractivity contribution in [2.75, 3.05) is 17.2 Å². The fraction of sp³-hybridized carbons (Fsp3) is 0.400. The van der Waals surface area contributed by atoms with Gasteiger partial charge >= 0.3 is 0 Å². The van der Waals surface area contributed by atoms with Crippen LogP contribution >= 0.6 is 0 Å². The Morgan fingerprint density at radius 2 is 2.14 bits per heavy atom. The molecule has 0 radical (unpaired) electrons. The van der Waals surface area contributed by atoms with Gasteiger partial charge in [-0.15, -0.1) is 0 Å². The Morgan fingerprint density at radius 1 is 1.33 bits per heavy atom. The number of pyridine rings is 1. The van der Waals surface area contributed by atoms with Crippen LogP contribution in [0.1, 0.15) is 36.3 Å². The first kappa shape index (κ1) is 15.0. The van der Waals surface area contributed by atoms with Gasteiger partial charge in [0.2, 0.25) is 0 Å². The second-order valence-electron chi connectivity index (χ2n) is 4.87. The molecular formula is C15H21N5O. The number of hydrogen-bond donors (Lipinski definition) is 2. The Balaban J connectivity index is 2.18. The van der Waals surface area contributed by atoms with Crippen molar-refractivity contribution in [1.82, 2.24) is 14.8 Å². The van der Waals surface area contributed by atoms with Crippen molar-refractivity contribution in [2.45, 2.75) is 26.7 Å². The van der Waals surface area contributed by atoms with Crippen LogP contribution in [0.25, 0.3) is 0 Å². The third-order valence-electron chi connectivity index (χ3n) is 3.02. The normalized spacial score (nSPS) is 10.4. The monoisotopic (exact) mass is 287 g/mol. The third-order valence-corrected chi connectivity index (χ3v) is 3.02. The van der Waals surface area contributed by atoms with Gasteiger partial charge in [-0.2, -0.15) is 5.10 Å². The van der Waals surface area contributed by atoms with Crippen LogP contribution in [0.15, 0.2) is 24.5 Å². The number of aryl methyl sites for hydroxylation is 2.